The Kier molecular flexibility index (Phi) is 6.52. The minimum atomic E-state index is -1.58. The van der Waals surface area contributed by atoms with E-state index in [0.29, 0.717) is 0 Å². The molecule has 0 rings (SSSR count). The zero-order chi connectivity index (χ0) is 11.9. The highest BCUT2D eigenvalue weighted by molar-refractivity contribution is 6.33. The van der Waals surface area contributed by atoms with E-state index in [2.05, 4.69) is 9.78 Å². The minimum absolute atomic E-state index is 0.277. The van der Waals surface area contributed by atoms with Crippen molar-refractivity contribution in [1.82, 2.24) is 0 Å². The summed E-state index contributed by atoms with van der Waals surface area (Å²) in [6, 6.07) is 0. The molecule has 0 radical (unpaired) electrons. The van der Waals surface area contributed by atoms with Crippen molar-refractivity contribution in [2.75, 3.05) is 0 Å². The van der Waals surface area contributed by atoms with Crippen LogP contribution in [0.3, 0.4) is 0 Å². The molecule has 0 fully saturated rings. The molecule has 0 amide bonds. The summed E-state index contributed by atoms with van der Waals surface area (Å²) in [5.74, 6) is -0.915. The first-order chi connectivity index (χ1) is 6.90. The lowest BCUT2D eigenvalue weighted by Crippen LogP contribution is -2.31. The van der Waals surface area contributed by atoms with Gasteiger partial charge in [-0.25, -0.2) is 4.79 Å². The Balaban J connectivity index is 3.75. The highest BCUT2D eigenvalue weighted by Crippen LogP contribution is 2.18. The van der Waals surface area contributed by atoms with Crippen molar-refractivity contribution in [3.63, 3.8) is 0 Å². The standard InChI is InChI=1S/C10H17ClO4/c1-4-5-6-7-9(13)14-15-10(3,11)8(2)12/h4-7H2,1-3H3. The van der Waals surface area contributed by atoms with E-state index in [0.717, 1.165) is 19.3 Å². The molecule has 0 saturated heterocycles. The summed E-state index contributed by atoms with van der Waals surface area (Å²) in [6.07, 6.45) is 3.01. The number of rotatable bonds is 7. The number of ketones is 1. The third-order valence-corrected chi connectivity index (χ3v) is 2.23. The van der Waals surface area contributed by atoms with Gasteiger partial charge in [0, 0.05) is 6.42 Å². The second kappa shape index (κ2) is 6.80. The van der Waals surface area contributed by atoms with Crippen molar-refractivity contribution >= 4 is 23.4 Å². The molecule has 0 spiro atoms. The summed E-state index contributed by atoms with van der Waals surface area (Å²) in [5.41, 5.74) is 0. The number of halogens is 1. The molecule has 0 aliphatic heterocycles. The molecule has 4 nitrogen and oxygen atoms in total. The van der Waals surface area contributed by atoms with E-state index in [1.54, 1.807) is 0 Å². The molecular weight excluding hydrogens is 220 g/mol. The molecule has 0 aliphatic carbocycles. The number of unbranched alkanes of at least 4 members (excludes halogenated alkanes) is 2. The Morgan fingerprint density at radius 3 is 2.40 bits per heavy atom. The van der Waals surface area contributed by atoms with Gasteiger partial charge in [-0.05, 0) is 20.3 Å². The number of Topliss-reactive ketones (excluding diaryl/α,β-unsaturated/α-hetero) is 1. The highest BCUT2D eigenvalue weighted by atomic mass is 35.5. The summed E-state index contributed by atoms with van der Waals surface area (Å²) in [5, 5.41) is -1.58. The number of alkyl halides is 1. The minimum Gasteiger partial charge on any atom is -0.296 e. The van der Waals surface area contributed by atoms with E-state index in [9.17, 15) is 9.59 Å². The second-order valence-electron chi connectivity index (χ2n) is 3.47. The molecule has 0 aromatic carbocycles. The number of hydrogen-bond acceptors (Lipinski definition) is 4. The van der Waals surface area contributed by atoms with Crippen LogP contribution in [0.25, 0.3) is 0 Å². The van der Waals surface area contributed by atoms with Gasteiger partial charge in [0.2, 0.25) is 5.06 Å². The van der Waals surface area contributed by atoms with Crippen LogP contribution in [0, 0.1) is 0 Å². The van der Waals surface area contributed by atoms with Crippen molar-refractivity contribution < 1.29 is 19.4 Å². The predicted octanol–water partition coefficient (Wildman–Crippen LogP) is 2.59. The average Bonchev–Trinajstić information content (AvgIpc) is 2.15. The smallest absolute Gasteiger partial charge is 0.296 e. The zero-order valence-corrected chi connectivity index (χ0v) is 10.1. The van der Waals surface area contributed by atoms with Crippen LogP contribution >= 0.6 is 11.6 Å². The van der Waals surface area contributed by atoms with Crippen molar-refractivity contribution in [3.8, 4) is 0 Å². The molecule has 1 atom stereocenters. The first kappa shape index (κ1) is 14.4. The van der Waals surface area contributed by atoms with E-state index < -0.39 is 16.8 Å². The number of hydrogen-bond donors (Lipinski definition) is 0. The van der Waals surface area contributed by atoms with Gasteiger partial charge < -0.3 is 0 Å². The quantitative estimate of drug-likeness (QED) is 0.295. The molecule has 0 bridgehead atoms. The van der Waals surface area contributed by atoms with E-state index in [4.69, 9.17) is 11.6 Å². The van der Waals surface area contributed by atoms with Crippen molar-refractivity contribution in [2.24, 2.45) is 0 Å². The lowest BCUT2D eigenvalue weighted by Gasteiger charge is -2.16. The summed E-state index contributed by atoms with van der Waals surface area (Å²) >= 11 is 5.63. The summed E-state index contributed by atoms with van der Waals surface area (Å²) in [4.78, 5) is 30.9. The molecule has 0 aromatic rings. The van der Waals surface area contributed by atoms with E-state index in [1.807, 2.05) is 6.92 Å². The summed E-state index contributed by atoms with van der Waals surface area (Å²) in [7, 11) is 0. The molecule has 1 unspecified atom stereocenters. The third-order valence-electron chi connectivity index (χ3n) is 1.90. The Hall–Kier alpha value is -0.610. The van der Waals surface area contributed by atoms with E-state index in [-0.39, 0.29) is 6.42 Å². The van der Waals surface area contributed by atoms with Crippen LogP contribution in [-0.2, 0) is 19.4 Å². The van der Waals surface area contributed by atoms with Gasteiger partial charge in [-0.1, -0.05) is 31.4 Å². The van der Waals surface area contributed by atoms with Gasteiger partial charge in [0.1, 0.15) is 0 Å². The fraction of sp³-hybridized carbons (Fsp3) is 0.800. The molecule has 0 N–H and O–H groups in total. The molecule has 5 heteroatoms. The maximum Gasteiger partial charge on any atom is 0.342 e. The molecule has 0 heterocycles. The molecule has 15 heavy (non-hydrogen) atoms. The van der Waals surface area contributed by atoms with Crippen molar-refractivity contribution in [3.05, 3.63) is 0 Å². The highest BCUT2D eigenvalue weighted by Gasteiger charge is 2.30. The first-order valence-electron chi connectivity index (χ1n) is 4.98. The topological polar surface area (TPSA) is 52.6 Å². The Labute approximate surface area is 94.8 Å². The maximum absolute atomic E-state index is 11.1. The van der Waals surface area contributed by atoms with Crippen molar-refractivity contribution in [2.45, 2.75) is 51.5 Å². The Morgan fingerprint density at radius 2 is 1.93 bits per heavy atom. The van der Waals surface area contributed by atoms with Crippen LogP contribution in [0.5, 0.6) is 0 Å². The van der Waals surface area contributed by atoms with Crippen LogP contribution in [0.2, 0.25) is 0 Å². The van der Waals surface area contributed by atoms with Gasteiger partial charge >= 0.3 is 5.97 Å². The SMILES string of the molecule is CCCCCC(=O)OOC(C)(Cl)C(C)=O. The largest absolute Gasteiger partial charge is 0.342 e. The lowest BCUT2D eigenvalue weighted by molar-refractivity contribution is -0.299. The number of carbonyl (C=O) groups is 2. The number of carbonyl (C=O) groups excluding carboxylic acids is 2. The monoisotopic (exact) mass is 236 g/mol. The van der Waals surface area contributed by atoms with Crippen LogP contribution in [0.15, 0.2) is 0 Å². The maximum atomic E-state index is 11.1. The summed E-state index contributed by atoms with van der Waals surface area (Å²) in [6.45, 7) is 4.63. The van der Waals surface area contributed by atoms with Gasteiger partial charge in [0.05, 0.1) is 0 Å². The van der Waals surface area contributed by atoms with Crippen LogP contribution in [0.4, 0.5) is 0 Å². The molecule has 0 aliphatic rings. The zero-order valence-electron chi connectivity index (χ0n) is 9.34. The fourth-order valence-electron chi connectivity index (χ4n) is 0.744. The van der Waals surface area contributed by atoms with Gasteiger partial charge in [0.15, 0.2) is 5.78 Å². The Morgan fingerprint density at radius 1 is 1.33 bits per heavy atom. The molecular formula is C10H17ClO4. The first-order valence-corrected chi connectivity index (χ1v) is 5.36. The van der Waals surface area contributed by atoms with E-state index >= 15 is 0 Å². The Bertz CT molecular complexity index is 225. The third kappa shape index (κ3) is 6.47. The molecule has 88 valence electrons. The van der Waals surface area contributed by atoms with Crippen LogP contribution < -0.4 is 0 Å². The molecule has 0 aromatic heterocycles. The normalized spacial score (nSPS) is 14.4. The van der Waals surface area contributed by atoms with E-state index in [1.165, 1.54) is 13.8 Å². The lowest BCUT2D eigenvalue weighted by atomic mass is 10.2. The van der Waals surface area contributed by atoms with Gasteiger partial charge in [0.25, 0.3) is 0 Å². The van der Waals surface area contributed by atoms with Crippen molar-refractivity contribution in [1.29, 1.82) is 0 Å². The van der Waals surface area contributed by atoms with Gasteiger partial charge in [-0.15, -0.1) is 0 Å². The summed E-state index contributed by atoms with van der Waals surface area (Å²) < 4.78 is 0. The fourth-order valence-corrected chi connectivity index (χ4v) is 0.776. The second-order valence-corrected chi connectivity index (χ2v) is 4.19. The van der Waals surface area contributed by atoms with Crippen LogP contribution in [-0.4, -0.2) is 16.8 Å². The average molecular weight is 237 g/mol. The predicted molar refractivity (Wildman–Crippen MR) is 56.3 cm³/mol. The molecule has 0 saturated carbocycles. The van der Waals surface area contributed by atoms with Crippen LogP contribution in [0.1, 0.15) is 46.5 Å². The van der Waals surface area contributed by atoms with Gasteiger partial charge in [-0.3, -0.25) is 9.68 Å². The van der Waals surface area contributed by atoms with Gasteiger partial charge in [-0.2, -0.15) is 4.89 Å².